The molecule has 0 aromatic heterocycles. The third-order valence-electron chi connectivity index (χ3n) is 4.85. The molecule has 1 saturated carbocycles. The van der Waals surface area contributed by atoms with Crippen LogP contribution in [0.15, 0.2) is 0 Å². The summed E-state index contributed by atoms with van der Waals surface area (Å²) in [6.45, 7) is 5.94. The topological polar surface area (TPSA) is 12.0 Å². The van der Waals surface area contributed by atoms with Crippen LogP contribution in [0.1, 0.15) is 97.3 Å². The van der Waals surface area contributed by atoms with Crippen LogP contribution in [0.2, 0.25) is 0 Å². The zero-order valence-corrected chi connectivity index (χ0v) is 13.6. The number of unbranched alkanes of at least 4 members (excludes halogenated alkanes) is 7. The van der Waals surface area contributed by atoms with Crippen molar-refractivity contribution in [1.29, 1.82) is 0 Å². The van der Waals surface area contributed by atoms with Gasteiger partial charge in [-0.1, -0.05) is 71.1 Å². The molecule has 19 heavy (non-hydrogen) atoms. The van der Waals surface area contributed by atoms with Gasteiger partial charge in [-0.05, 0) is 38.6 Å². The smallest absolute Gasteiger partial charge is 0.00669 e. The predicted octanol–water partition coefficient (Wildman–Crippen LogP) is 5.69. The lowest BCUT2D eigenvalue weighted by atomic mass is 9.84. The lowest BCUT2D eigenvalue weighted by molar-refractivity contribution is 0.280. The average molecular weight is 268 g/mol. The molecular formula is C18H37N. The molecule has 1 aliphatic carbocycles. The van der Waals surface area contributed by atoms with Crippen LogP contribution in [0, 0.1) is 5.92 Å². The van der Waals surface area contributed by atoms with E-state index in [2.05, 4.69) is 19.2 Å². The summed E-state index contributed by atoms with van der Waals surface area (Å²) in [4.78, 5) is 0. The zero-order valence-electron chi connectivity index (χ0n) is 13.6. The number of nitrogens with one attached hydrogen (secondary N) is 1. The van der Waals surface area contributed by atoms with Gasteiger partial charge in [0.15, 0.2) is 0 Å². The van der Waals surface area contributed by atoms with Crippen molar-refractivity contribution in [1.82, 2.24) is 5.32 Å². The second-order valence-corrected chi connectivity index (χ2v) is 6.62. The summed E-state index contributed by atoms with van der Waals surface area (Å²) in [5.41, 5.74) is 0. The molecule has 1 rings (SSSR count). The highest BCUT2D eigenvalue weighted by molar-refractivity contribution is 4.75. The highest BCUT2D eigenvalue weighted by Gasteiger charge is 2.18. The molecular weight excluding hydrogens is 230 g/mol. The molecule has 0 bridgehead atoms. The van der Waals surface area contributed by atoms with E-state index in [9.17, 15) is 0 Å². The first kappa shape index (κ1) is 17.0. The molecule has 0 saturated heterocycles. The Morgan fingerprint density at radius 1 is 0.842 bits per heavy atom. The van der Waals surface area contributed by atoms with E-state index in [4.69, 9.17) is 0 Å². The van der Waals surface area contributed by atoms with Crippen molar-refractivity contribution in [2.24, 2.45) is 5.92 Å². The molecule has 0 amide bonds. The molecule has 0 unspecified atom stereocenters. The molecule has 1 nitrogen and oxygen atoms in total. The minimum Gasteiger partial charge on any atom is -0.314 e. The third kappa shape index (κ3) is 8.68. The minimum absolute atomic E-state index is 0.754. The van der Waals surface area contributed by atoms with Gasteiger partial charge >= 0.3 is 0 Å². The fourth-order valence-electron chi connectivity index (χ4n) is 3.39. The molecule has 114 valence electrons. The average Bonchev–Trinajstić information content (AvgIpc) is 2.46. The van der Waals surface area contributed by atoms with Gasteiger partial charge in [0.05, 0.1) is 0 Å². The van der Waals surface area contributed by atoms with E-state index in [1.165, 1.54) is 90.0 Å². The third-order valence-corrected chi connectivity index (χ3v) is 4.85. The predicted molar refractivity (Wildman–Crippen MR) is 86.6 cm³/mol. The second-order valence-electron chi connectivity index (χ2n) is 6.62. The molecule has 1 heteroatoms. The lowest BCUT2D eigenvalue weighted by Crippen LogP contribution is -2.35. The number of hydrogen-bond acceptors (Lipinski definition) is 1. The van der Waals surface area contributed by atoms with Crippen LogP contribution in [0.5, 0.6) is 0 Å². The molecule has 0 radical (unpaired) electrons. The van der Waals surface area contributed by atoms with E-state index >= 15 is 0 Å². The van der Waals surface area contributed by atoms with Crippen LogP contribution in [-0.4, -0.2) is 12.6 Å². The van der Waals surface area contributed by atoms with E-state index in [0.717, 1.165) is 12.0 Å². The molecule has 0 aromatic carbocycles. The van der Waals surface area contributed by atoms with Crippen LogP contribution in [0.4, 0.5) is 0 Å². The van der Waals surface area contributed by atoms with E-state index in [1.807, 2.05) is 0 Å². The van der Waals surface area contributed by atoms with Gasteiger partial charge in [-0.25, -0.2) is 0 Å². The van der Waals surface area contributed by atoms with Crippen LogP contribution in [0.3, 0.4) is 0 Å². The van der Waals surface area contributed by atoms with Gasteiger partial charge in [0, 0.05) is 6.04 Å². The van der Waals surface area contributed by atoms with Gasteiger partial charge in [-0.15, -0.1) is 0 Å². The maximum atomic E-state index is 3.76. The standard InChI is InChI=1S/C18H37N/c1-3-4-5-6-7-8-9-13-16-19-17(2)18-14-11-10-12-15-18/h17-19H,3-16H2,1-2H3/t17-/m1/s1. The fraction of sp³-hybridized carbons (Fsp3) is 1.00. The summed E-state index contributed by atoms with van der Waals surface area (Å²) in [5.74, 6) is 0.961. The molecule has 0 aromatic rings. The van der Waals surface area contributed by atoms with Crippen molar-refractivity contribution in [3.63, 3.8) is 0 Å². The molecule has 1 aliphatic rings. The largest absolute Gasteiger partial charge is 0.314 e. The lowest BCUT2D eigenvalue weighted by Gasteiger charge is -2.28. The Morgan fingerprint density at radius 2 is 1.42 bits per heavy atom. The fourth-order valence-corrected chi connectivity index (χ4v) is 3.39. The summed E-state index contributed by atoms with van der Waals surface area (Å²) in [5, 5.41) is 3.76. The summed E-state index contributed by atoms with van der Waals surface area (Å²) in [6, 6.07) is 0.754. The van der Waals surface area contributed by atoms with Crippen LogP contribution in [0.25, 0.3) is 0 Å². The van der Waals surface area contributed by atoms with Crippen molar-refractivity contribution >= 4 is 0 Å². The summed E-state index contributed by atoms with van der Waals surface area (Å²) >= 11 is 0. The Morgan fingerprint density at radius 3 is 2.05 bits per heavy atom. The highest BCUT2D eigenvalue weighted by atomic mass is 14.9. The minimum atomic E-state index is 0.754. The maximum Gasteiger partial charge on any atom is 0.00669 e. The van der Waals surface area contributed by atoms with Crippen LogP contribution < -0.4 is 5.32 Å². The van der Waals surface area contributed by atoms with Gasteiger partial charge in [0.2, 0.25) is 0 Å². The van der Waals surface area contributed by atoms with Gasteiger partial charge < -0.3 is 5.32 Å². The SMILES string of the molecule is CCCCCCCCCCN[C@H](C)C1CCCCC1. The van der Waals surface area contributed by atoms with Crippen molar-refractivity contribution < 1.29 is 0 Å². The Labute approximate surface area is 121 Å². The van der Waals surface area contributed by atoms with Crippen molar-refractivity contribution in [3.8, 4) is 0 Å². The first-order valence-electron chi connectivity index (χ1n) is 9.08. The summed E-state index contributed by atoms with van der Waals surface area (Å²) in [7, 11) is 0. The first-order valence-corrected chi connectivity index (χ1v) is 9.08. The van der Waals surface area contributed by atoms with Crippen molar-refractivity contribution in [2.45, 2.75) is 103 Å². The van der Waals surface area contributed by atoms with Gasteiger partial charge in [-0.3, -0.25) is 0 Å². The van der Waals surface area contributed by atoms with E-state index < -0.39 is 0 Å². The quantitative estimate of drug-likeness (QED) is 0.474. The Hall–Kier alpha value is -0.0400. The molecule has 1 fully saturated rings. The monoisotopic (exact) mass is 267 g/mol. The van der Waals surface area contributed by atoms with E-state index in [0.29, 0.717) is 0 Å². The van der Waals surface area contributed by atoms with Crippen LogP contribution >= 0.6 is 0 Å². The van der Waals surface area contributed by atoms with Gasteiger partial charge in [0.1, 0.15) is 0 Å². The van der Waals surface area contributed by atoms with Gasteiger partial charge in [-0.2, -0.15) is 0 Å². The Balaban J connectivity index is 1.84. The second kappa shape index (κ2) is 11.8. The van der Waals surface area contributed by atoms with E-state index in [1.54, 1.807) is 0 Å². The normalized spacial score (nSPS) is 18.6. The van der Waals surface area contributed by atoms with Crippen molar-refractivity contribution in [2.75, 3.05) is 6.54 Å². The number of hydrogen-bond donors (Lipinski definition) is 1. The number of rotatable bonds is 11. The summed E-state index contributed by atoms with van der Waals surface area (Å²) in [6.07, 6.45) is 18.8. The molecule has 1 N–H and O–H groups in total. The Bertz CT molecular complexity index is 184. The van der Waals surface area contributed by atoms with Crippen LogP contribution in [-0.2, 0) is 0 Å². The molecule has 1 atom stereocenters. The zero-order chi connectivity index (χ0) is 13.8. The molecule has 0 aliphatic heterocycles. The van der Waals surface area contributed by atoms with E-state index in [-0.39, 0.29) is 0 Å². The Kier molecular flexibility index (Phi) is 10.5. The first-order chi connectivity index (χ1) is 9.34. The highest BCUT2D eigenvalue weighted by Crippen LogP contribution is 2.26. The van der Waals surface area contributed by atoms with Crippen molar-refractivity contribution in [3.05, 3.63) is 0 Å². The molecule has 0 spiro atoms. The maximum absolute atomic E-state index is 3.76. The molecule has 0 heterocycles. The summed E-state index contributed by atoms with van der Waals surface area (Å²) < 4.78 is 0. The van der Waals surface area contributed by atoms with Gasteiger partial charge in [0.25, 0.3) is 0 Å².